The van der Waals surface area contributed by atoms with Gasteiger partial charge in [-0.25, -0.2) is 4.39 Å². The van der Waals surface area contributed by atoms with Crippen LogP contribution >= 0.6 is 0 Å². The van der Waals surface area contributed by atoms with Gasteiger partial charge in [-0.1, -0.05) is 23.8 Å². The van der Waals surface area contributed by atoms with Crippen molar-refractivity contribution in [3.63, 3.8) is 0 Å². The van der Waals surface area contributed by atoms with Crippen LogP contribution in [-0.4, -0.2) is 32.2 Å². The Bertz CT molecular complexity index is 895. The molecule has 1 heterocycles. The Hall–Kier alpha value is -2.01. The molecule has 3 rings (SSSR count). The third-order valence-electron chi connectivity index (χ3n) is 3.91. The normalized spacial score (nSPS) is 14.8. The Labute approximate surface area is 160 Å². The molecule has 0 aromatic heterocycles. The zero-order valence-electron chi connectivity index (χ0n) is 14.8. The molecule has 0 saturated carbocycles. The molecule has 0 spiro atoms. The van der Waals surface area contributed by atoms with Crippen molar-refractivity contribution in [2.24, 2.45) is 0 Å². The van der Waals surface area contributed by atoms with Crippen molar-refractivity contribution in [1.82, 2.24) is 5.32 Å². The van der Waals surface area contributed by atoms with E-state index >= 15 is 0 Å². The molecule has 0 aliphatic carbocycles. The number of alkyl halides is 3. The summed E-state index contributed by atoms with van der Waals surface area (Å²) in [6.07, 6.45) is -4.61. The first-order valence-electron chi connectivity index (χ1n) is 8.19. The molecule has 5 nitrogen and oxygen atoms in total. The van der Waals surface area contributed by atoms with Gasteiger partial charge in [-0.05, 0) is 36.8 Å². The van der Waals surface area contributed by atoms with Gasteiger partial charge in [-0.2, -0.15) is 21.6 Å². The molecular formula is C18H19F4NO4S. The fourth-order valence-corrected chi connectivity index (χ4v) is 2.72. The Balaban J connectivity index is 0.000000221. The predicted octanol–water partition coefficient (Wildman–Crippen LogP) is 3.57. The summed E-state index contributed by atoms with van der Waals surface area (Å²) >= 11 is 0. The van der Waals surface area contributed by atoms with E-state index in [9.17, 15) is 26.0 Å². The van der Waals surface area contributed by atoms with E-state index in [1.54, 1.807) is 12.1 Å². The lowest BCUT2D eigenvalue weighted by Gasteiger charge is -2.27. The number of benzene rings is 2. The highest BCUT2D eigenvalue weighted by molar-refractivity contribution is 7.85. The SMILES string of the molecule is Cc1ccc(S(=O)(=O)O)cc1.Fc1ccc(COC2CNC2)c(C(F)(F)F)c1. The average molecular weight is 421 g/mol. The van der Waals surface area contributed by atoms with Gasteiger partial charge in [0, 0.05) is 13.1 Å². The maximum atomic E-state index is 12.8. The van der Waals surface area contributed by atoms with E-state index in [1.165, 1.54) is 12.1 Å². The highest BCUT2D eigenvalue weighted by Gasteiger charge is 2.34. The molecule has 2 aromatic rings. The number of aryl methyl sites for hydroxylation is 1. The smallest absolute Gasteiger partial charge is 0.371 e. The van der Waals surface area contributed by atoms with Crippen LogP contribution in [0.5, 0.6) is 0 Å². The van der Waals surface area contributed by atoms with E-state index < -0.39 is 27.7 Å². The molecule has 1 saturated heterocycles. The third kappa shape index (κ3) is 6.55. The van der Waals surface area contributed by atoms with Crippen LogP contribution in [0.1, 0.15) is 16.7 Å². The molecule has 0 unspecified atom stereocenters. The van der Waals surface area contributed by atoms with Crippen LogP contribution in [0.3, 0.4) is 0 Å². The van der Waals surface area contributed by atoms with E-state index in [0.717, 1.165) is 17.7 Å². The predicted molar refractivity (Wildman–Crippen MR) is 93.8 cm³/mol. The molecule has 1 fully saturated rings. The first-order valence-corrected chi connectivity index (χ1v) is 9.63. The number of hydrogen-bond acceptors (Lipinski definition) is 4. The molecule has 2 N–H and O–H groups in total. The fraction of sp³-hybridized carbons (Fsp3) is 0.333. The second-order valence-corrected chi connectivity index (χ2v) is 7.60. The highest BCUT2D eigenvalue weighted by Crippen LogP contribution is 2.33. The first-order chi connectivity index (χ1) is 13.0. The van der Waals surface area contributed by atoms with Gasteiger partial charge in [0.05, 0.1) is 23.2 Å². The summed E-state index contributed by atoms with van der Waals surface area (Å²) in [6, 6.07) is 8.61. The van der Waals surface area contributed by atoms with Crippen molar-refractivity contribution in [3.8, 4) is 0 Å². The van der Waals surface area contributed by atoms with Gasteiger partial charge in [0.15, 0.2) is 0 Å². The van der Waals surface area contributed by atoms with Crippen molar-refractivity contribution in [3.05, 3.63) is 65.0 Å². The van der Waals surface area contributed by atoms with Crippen molar-refractivity contribution < 1.29 is 35.3 Å². The number of rotatable bonds is 4. The van der Waals surface area contributed by atoms with E-state index in [4.69, 9.17) is 9.29 Å². The topological polar surface area (TPSA) is 75.6 Å². The first kappa shape index (κ1) is 22.3. The molecule has 2 aromatic carbocycles. The maximum absolute atomic E-state index is 12.8. The summed E-state index contributed by atoms with van der Waals surface area (Å²) in [5, 5.41) is 2.94. The summed E-state index contributed by atoms with van der Waals surface area (Å²) < 4.78 is 85.5. The summed E-state index contributed by atoms with van der Waals surface area (Å²) in [5.41, 5.74) is -0.0482. The molecule has 0 radical (unpaired) electrons. The summed E-state index contributed by atoms with van der Waals surface area (Å²) in [7, 11) is -4.02. The summed E-state index contributed by atoms with van der Waals surface area (Å²) in [5.74, 6) is -0.897. The van der Waals surface area contributed by atoms with Crippen LogP contribution < -0.4 is 5.32 Å². The standard InChI is InChI=1S/C11H11F4NO.C7H8O3S/c12-8-2-1-7(6-17-9-4-16-5-9)10(3-8)11(13,14)15;1-6-2-4-7(5-3-6)11(8,9)10/h1-3,9,16H,4-6H2;2-5H,1H3,(H,8,9,10). The van der Waals surface area contributed by atoms with Crippen LogP contribution in [0.2, 0.25) is 0 Å². The van der Waals surface area contributed by atoms with Crippen LogP contribution in [0.15, 0.2) is 47.4 Å². The number of ether oxygens (including phenoxy) is 1. The highest BCUT2D eigenvalue weighted by atomic mass is 32.2. The average Bonchev–Trinajstić information content (AvgIpc) is 2.54. The lowest BCUT2D eigenvalue weighted by molar-refractivity contribution is -0.139. The van der Waals surface area contributed by atoms with Gasteiger partial charge < -0.3 is 10.1 Å². The number of hydrogen-bond donors (Lipinski definition) is 2. The van der Waals surface area contributed by atoms with Gasteiger partial charge in [0.25, 0.3) is 10.1 Å². The summed E-state index contributed by atoms with van der Waals surface area (Å²) in [6.45, 7) is 2.97. The van der Waals surface area contributed by atoms with Gasteiger partial charge >= 0.3 is 6.18 Å². The minimum atomic E-state index is -4.56. The van der Waals surface area contributed by atoms with E-state index in [2.05, 4.69) is 5.32 Å². The van der Waals surface area contributed by atoms with Crippen LogP contribution in [0.4, 0.5) is 17.6 Å². The lowest BCUT2D eigenvalue weighted by atomic mass is 10.1. The zero-order valence-corrected chi connectivity index (χ0v) is 15.6. The van der Waals surface area contributed by atoms with Gasteiger partial charge in [-0.3, -0.25) is 4.55 Å². The summed E-state index contributed by atoms with van der Waals surface area (Å²) in [4.78, 5) is -0.0666. The molecule has 1 aliphatic rings. The van der Waals surface area contributed by atoms with Crippen LogP contribution in [0.25, 0.3) is 0 Å². The number of nitrogens with one attached hydrogen (secondary N) is 1. The minimum Gasteiger partial charge on any atom is -0.371 e. The lowest BCUT2D eigenvalue weighted by Crippen LogP contribution is -2.48. The second-order valence-electron chi connectivity index (χ2n) is 6.18. The van der Waals surface area contributed by atoms with Gasteiger partial charge in [-0.15, -0.1) is 0 Å². The van der Waals surface area contributed by atoms with Crippen molar-refractivity contribution in [2.45, 2.75) is 30.7 Å². The maximum Gasteiger partial charge on any atom is 0.416 e. The third-order valence-corrected chi connectivity index (χ3v) is 4.78. The minimum absolute atomic E-state index is 0.0363. The Morgan fingerprint density at radius 3 is 2.21 bits per heavy atom. The molecule has 10 heteroatoms. The van der Waals surface area contributed by atoms with Gasteiger partial charge in [0.2, 0.25) is 0 Å². The molecule has 0 atom stereocenters. The molecule has 1 aliphatic heterocycles. The van der Waals surface area contributed by atoms with Crippen molar-refractivity contribution in [2.75, 3.05) is 13.1 Å². The van der Waals surface area contributed by atoms with Crippen LogP contribution in [0, 0.1) is 12.7 Å². The molecular weight excluding hydrogens is 402 g/mol. The quantitative estimate of drug-likeness (QED) is 0.583. The molecule has 28 heavy (non-hydrogen) atoms. The van der Waals surface area contributed by atoms with E-state index in [-0.39, 0.29) is 23.2 Å². The Morgan fingerprint density at radius 2 is 1.75 bits per heavy atom. The molecule has 0 amide bonds. The second kappa shape index (κ2) is 8.99. The van der Waals surface area contributed by atoms with Crippen molar-refractivity contribution >= 4 is 10.1 Å². The van der Waals surface area contributed by atoms with E-state index in [1.807, 2.05) is 6.92 Å². The number of halogens is 4. The fourth-order valence-electron chi connectivity index (χ4n) is 2.24. The van der Waals surface area contributed by atoms with Crippen molar-refractivity contribution in [1.29, 1.82) is 0 Å². The largest absolute Gasteiger partial charge is 0.416 e. The van der Waals surface area contributed by atoms with Gasteiger partial charge in [0.1, 0.15) is 5.82 Å². The Morgan fingerprint density at radius 1 is 1.14 bits per heavy atom. The Kier molecular flexibility index (Phi) is 7.16. The van der Waals surface area contributed by atoms with Crippen LogP contribution in [-0.2, 0) is 27.6 Å². The molecule has 154 valence electrons. The molecule has 0 bridgehead atoms. The zero-order chi connectivity index (χ0) is 20.9. The van der Waals surface area contributed by atoms with E-state index in [0.29, 0.717) is 19.2 Å². The monoisotopic (exact) mass is 421 g/mol.